The highest BCUT2D eigenvalue weighted by molar-refractivity contribution is 6.46. The summed E-state index contributed by atoms with van der Waals surface area (Å²) in [6.07, 6.45) is 0.722. The van der Waals surface area contributed by atoms with Gasteiger partial charge in [-0.15, -0.1) is 0 Å². The van der Waals surface area contributed by atoms with E-state index >= 15 is 0 Å². The molecule has 0 spiro atoms. The molecule has 1 amide bonds. The third kappa shape index (κ3) is 5.65. The Hall–Kier alpha value is -4.59. The van der Waals surface area contributed by atoms with Crippen LogP contribution >= 0.6 is 0 Å². The Balaban J connectivity index is 1.79. The minimum atomic E-state index is -0.852. The number of esters is 1. The molecule has 0 saturated carbocycles. The van der Waals surface area contributed by atoms with Crippen LogP contribution in [-0.2, 0) is 20.9 Å². The molecule has 1 atom stereocenters. The highest BCUT2D eigenvalue weighted by Gasteiger charge is 2.46. The fourth-order valence-electron chi connectivity index (χ4n) is 4.60. The number of rotatable bonds is 9. The summed E-state index contributed by atoms with van der Waals surface area (Å²) in [6.45, 7) is 4.25. The summed E-state index contributed by atoms with van der Waals surface area (Å²) in [5.74, 6) is -1.53. The van der Waals surface area contributed by atoms with Crippen molar-refractivity contribution in [3.05, 3.63) is 100 Å². The van der Waals surface area contributed by atoms with Gasteiger partial charge in [-0.25, -0.2) is 4.79 Å². The van der Waals surface area contributed by atoms with Crippen molar-refractivity contribution in [2.45, 2.75) is 32.9 Å². The Morgan fingerprint density at radius 2 is 1.72 bits per heavy atom. The molecule has 3 aromatic rings. The first-order valence-electron chi connectivity index (χ1n) is 12.6. The van der Waals surface area contributed by atoms with E-state index in [0.717, 1.165) is 12.0 Å². The van der Waals surface area contributed by atoms with Gasteiger partial charge >= 0.3 is 5.97 Å². The van der Waals surface area contributed by atoms with E-state index in [1.165, 1.54) is 19.1 Å². The van der Waals surface area contributed by atoms with E-state index < -0.39 is 23.7 Å². The smallest absolute Gasteiger partial charge is 0.338 e. The molecule has 1 fully saturated rings. The van der Waals surface area contributed by atoms with Crippen molar-refractivity contribution in [1.29, 1.82) is 0 Å². The summed E-state index contributed by atoms with van der Waals surface area (Å²) in [6, 6.07) is 18.2. The van der Waals surface area contributed by atoms with Gasteiger partial charge in [-0.3, -0.25) is 9.59 Å². The van der Waals surface area contributed by atoms with Crippen LogP contribution in [0.1, 0.15) is 52.0 Å². The number of likely N-dealkylation sites (tertiary alicyclic amines) is 1. The number of amides is 1. The molecular weight excluding hydrogens is 498 g/mol. The zero-order valence-corrected chi connectivity index (χ0v) is 22.4. The lowest BCUT2D eigenvalue weighted by molar-refractivity contribution is -0.140. The van der Waals surface area contributed by atoms with Crippen molar-refractivity contribution in [3.63, 3.8) is 0 Å². The van der Waals surface area contributed by atoms with Gasteiger partial charge in [0.25, 0.3) is 11.7 Å². The summed E-state index contributed by atoms with van der Waals surface area (Å²) >= 11 is 0. The molecule has 8 nitrogen and oxygen atoms in total. The second-order valence-electron chi connectivity index (χ2n) is 9.24. The molecule has 1 N–H and O–H groups in total. The average Bonchev–Trinajstić information content (AvgIpc) is 3.20. The van der Waals surface area contributed by atoms with E-state index in [9.17, 15) is 19.5 Å². The standard InChI is InChI=1S/C31H31NO7/c1-5-15-39-31(36)21-11-9-20(10-12-21)18-32-27(22-8-6-7-19(2)16-22)26(29(34)30(32)35)28(33)24-17-23(37-3)13-14-25(24)38-4/h6-14,16-17,27,33H,5,15,18H2,1-4H3/b28-26+. The predicted molar refractivity (Wildman–Crippen MR) is 146 cm³/mol. The van der Waals surface area contributed by atoms with Crippen LogP contribution in [0.3, 0.4) is 0 Å². The maximum Gasteiger partial charge on any atom is 0.338 e. The van der Waals surface area contributed by atoms with E-state index in [-0.39, 0.29) is 23.4 Å². The van der Waals surface area contributed by atoms with Gasteiger partial charge in [0.2, 0.25) is 0 Å². The zero-order valence-electron chi connectivity index (χ0n) is 22.4. The first-order valence-corrected chi connectivity index (χ1v) is 12.6. The molecule has 1 aliphatic heterocycles. The third-order valence-corrected chi connectivity index (χ3v) is 6.54. The van der Waals surface area contributed by atoms with Gasteiger partial charge < -0.3 is 24.2 Å². The van der Waals surface area contributed by atoms with E-state index in [0.29, 0.717) is 34.8 Å². The first kappa shape index (κ1) is 27.4. The number of nitrogens with zero attached hydrogens (tertiary/aromatic N) is 1. The lowest BCUT2D eigenvalue weighted by Crippen LogP contribution is -2.29. The normalized spacial score (nSPS) is 16.3. The second-order valence-corrected chi connectivity index (χ2v) is 9.24. The number of ketones is 1. The molecule has 8 heteroatoms. The van der Waals surface area contributed by atoms with Crippen molar-refractivity contribution < 1.29 is 33.7 Å². The topological polar surface area (TPSA) is 102 Å². The summed E-state index contributed by atoms with van der Waals surface area (Å²) in [5.41, 5.74) is 2.92. The number of methoxy groups -OCH3 is 2. The molecule has 1 heterocycles. The van der Waals surface area contributed by atoms with Crippen molar-refractivity contribution in [1.82, 2.24) is 4.90 Å². The molecule has 1 aliphatic rings. The van der Waals surface area contributed by atoms with Crippen LogP contribution in [0.5, 0.6) is 11.5 Å². The molecule has 202 valence electrons. The number of benzene rings is 3. The van der Waals surface area contributed by atoms with Crippen LogP contribution in [0.15, 0.2) is 72.3 Å². The van der Waals surface area contributed by atoms with Crippen molar-refractivity contribution >= 4 is 23.4 Å². The first-order chi connectivity index (χ1) is 18.8. The van der Waals surface area contributed by atoms with Gasteiger partial charge in [0.05, 0.1) is 43.6 Å². The number of Topliss-reactive ketones (excluding diaryl/α,β-unsaturated/α-hetero) is 1. The maximum atomic E-state index is 13.4. The second kappa shape index (κ2) is 11.9. The molecule has 1 saturated heterocycles. The van der Waals surface area contributed by atoms with E-state index in [1.54, 1.807) is 42.5 Å². The third-order valence-electron chi connectivity index (χ3n) is 6.54. The predicted octanol–water partition coefficient (Wildman–Crippen LogP) is 5.20. The van der Waals surface area contributed by atoms with Crippen LogP contribution in [-0.4, -0.2) is 48.5 Å². The average molecular weight is 530 g/mol. The molecular formula is C31H31NO7. The minimum absolute atomic E-state index is 0.0445. The number of hydrogen-bond acceptors (Lipinski definition) is 7. The number of aryl methyl sites for hydroxylation is 1. The zero-order chi connectivity index (χ0) is 28.1. The van der Waals surface area contributed by atoms with Crippen LogP contribution in [0.4, 0.5) is 0 Å². The largest absolute Gasteiger partial charge is 0.507 e. The molecule has 1 unspecified atom stereocenters. The number of carbonyl (C=O) groups excluding carboxylic acids is 3. The monoisotopic (exact) mass is 529 g/mol. The molecule has 3 aromatic carbocycles. The molecule has 4 rings (SSSR count). The Kier molecular flexibility index (Phi) is 8.34. The van der Waals surface area contributed by atoms with Crippen molar-refractivity contribution in [2.75, 3.05) is 20.8 Å². The molecule has 0 aliphatic carbocycles. The minimum Gasteiger partial charge on any atom is -0.507 e. The lowest BCUT2D eigenvalue weighted by Gasteiger charge is -2.26. The molecule has 0 radical (unpaired) electrons. The maximum absolute atomic E-state index is 13.4. The van der Waals surface area contributed by atoms with Crippen LogP contribution in [0, 0.1) is 6.92 Å². The van der Waals surface area contributed by atoms with Gasteiger partial charge in [0.15, 0.2) is 0 Å². The SMILES string of the molecule is CCCOC(=O)c1ccc(CN2C(=O)C(=O)/C(=C(/O)c3cc(OC)ccc3OC)C2c2cccc(C)c2)cc1. The summed E-state index contributed by atoms with van der Waals surface area (Å²) in [4.78, 5) is 40.5. The summed E-state index contributed by atoms with van der Waals surface area (Å²) in [7, 11) is 2.95. The van der Waals surface area contributed by atoms with Gasteiger partial charge in [0.1, 0.15) is 17.3 Å². The van der Waals surface area contributed by atoms with Crippen LogP contribution in [0.2, 0.25) is 0 Å². The Morgan fingerprint density at radius 3 is 2.36 bits per heavy atom. The van der Waals surface area contributed by atoms with Gasteiger partial charge in [-0.05, 0) is 54.8 Å². The number of carbonyl (C=O) groups is 3. The fourth-order valence-corrected chi connectivity index (χ4v) is 4.60. The highest BCUT2D eigenvalue weighted by atomic mass is 16.5. The van der Waals surface area contributed by atoms with Crippen molar-refractivity contribution in [3.8, 4) is 11.5 Å². The fraction of sp³-hybridized carbons (Fsp3) is 0.258. The van der Waals surface area contributed by atoms with Gasteiger partial charge in [-0.1, -0.05) is 48.9 Å². The molecule has 0 bridgehead atoms. The van der Waals surface area contributed by atoms with E-state index in [1.807, 2.05) is 38.1 Å². The van der Waals surface area contributed by atoms with Crippen molar-refractivity contribution in [2.24, 2.45) is 0 Å². The number of aliphatic hydroxyl groups is 1. The van der Waals surface area contributed by atoms with E-state index in [4.69, 9.17) is 14.2 Å². The number of aliphatic hydroxyl groups excluding tert-OH is 1. The summed E-state index contributed by atoms with van der Waals surface area (Å²) in [5, 5.41) is 11.5. The lowest BCUT2D eigenvalue weighted by atomic mass is 9.94. The van der Waals surface area contributed by atoms with Gasteiger partial charge in [0, 0.05) is 6.54 Å². The van der Waals surface area contributed by atoms with E-state index in [2.05, 4.69) is 0 Å². The number of ether oxygens (including phenoxy) is 3. The highest BCUT2D eigenvalue weighted by Crippen LogP contribution is 2.42. The quantitative estimate of drug-likeness (QED) is 0.176. The van der Waals surface area contributed by atoms with Gasteiger partial charge in [-0.2, -0.15) is 0 Å². The molecule has 39 heavy (non-hydrogen) atoms. The molecule has 0 aromatic heterocycles. The van der Waals surface area contributed by atoms with Crippen LogP contribution in [0.25, 0.3) is 5.76 Å². The Morgan fingerprint density at radius 1 is 0.974 bits per heavy atom. The Bertz CT molecular complexity index is 1430. The Labute approximate surface area is 227 Å². The number of hydrogen-bond donors (Lipinski definition) is 1. The summed E-state index contributed by atoms with van der Waals surface area (Å²) < 4.78 is 15.9. The van der Waals surface area contributed by atoms with Crippen LogP contribution < -0.4 is 9.47 Å².